The monoisotopic (exact) mass is 164 g/mol. The van der Waals surface area contributed by atoms with Crippen LogP contribution in [0.3, 0.4) is 0 Å². The second-order valence-electron chi connectivity index (χ2n) is 3.12. The van der Waals surface area contributed by atoms with E-state index >= 15 is 0 Å². The van der Waals surface area contributed by atoms with Crippen molar-refractivity contribution in [2.24, 2.45) is 0 Å². The molecule has 0 atom stereocenters. The first-order chi connectivity index (χ1) is 5.86. The Kier molecular flexibility index (Phi) is 2.00. The van der Waals surface area contributed by atoms with E-state index in [2.05, 4.69) is 19.1 Å². The summed E-state index contributed by atoms with van der Waals surface area (Å²) in [7, 11) is 0. The molecule has 1 aromatic rings. The van der Waals surface area contributed by atoms with Crippen LogP contribution in [-0.2, 0) is 11.3 Å². The van der Waals surface area contributed by atoms with E-state index in [1.165, 1.54) is 11.1 Å². The van der Waals surface area contributed by atoms with Crippen LogP contribution in [0.1, 0.15) is 17.5 Å². The van der Waals surface area contributed by atoms with Crippen molar-refractivity contribution in [3.05, 3.63) is 29.3 Å². The Hall–Kier alpha value is -1.02. The molecule has 0 saturated heterocycles. The molecule has 2 rings (SSSR count). The molecule has 0 aromatic heterocycles. The molecule has 0 saturated carbocycles. The Bertz CT molecular complexity index is 281. The SMILES string of the molecule is Cc1ccc2c(c1)OOCCC2. The second-order valence-corrected chi connectivity index (χ2v) is 3.12. The minimum Gasteiger partial charge on any atom is -0.337 e. The van der Waals surface area contributed by atoms with Gasteiger partial charge in [0, 0.05) is 0 Å². The minimum atomic E-state index is 0.688. The molecule has 64 valence electrons. The molecule has 12 heavy (non-hydrogen) atoms. The predicted octanol–water partition coefficient (Wildman–Crippen LogP) is 2.25. The molecule has 0 radical (unpaired) electrons. The van der Waals surface area contributed by atoms with Crippen molar-refractivity contribution in [1.82, 2.24) is 0 Å². The lowest BCUT2D eigenvalue weighted by Gasteiger charge is -2.04. The Morgan fingerprint density at radius 3 is 3.17 bits per heavy atom. The first-order valence-corrected chi connectivity index (χ1v) is 4.25. The number of rotatable bonds is 0. The number of aryl methyl sites for hydroxylation is 2. The minimum absolute atomic E-state index is 0.688. The van der Waals surface area contributed by atoms with Gasteiger partial charge in [-0.3, -0.25) is 0 Å². The molecule has 1 heterocycles. The Morgan fingerprint density at radius 1 is 1.33 bits per heavy atom. The maximum Gasteiger partial charge on any atom is 0.168 e. The molecule has 0 unspecified atom stereocenters. The van der Waals surface area contributed by atoms with Gasteiger partial charge in [-0.15, -0.1) is 0 Å². The molecule has 1 aliphatic heterocycles. The first kappa shape index (κ1) is 7.62. The Morgan fingerprint density at radius 2 is 2.25 bits per heavy atom. The quantitative estimate of drug-likeness (QED) is 0.547. The van der Waals surface area contributed by atoms with Crippen molar-refractivity contribution in [1.29, 1.82) is 0 Å². The lowest BCUT2D eigenvalue weighted by Crippen LogP contribution is -1.95. The van der Waals surface area contributed by atoms with Crippen LogP contribution >= 0.6 is 0 Å². The zero-order valence-electron chi connectivity index (χ0n) is 7.17. The van der Waals surface area contributed by atoms with Gasteiger partial charge < -0.3 is 4.89 Å². The zero-order chi connectivity index (χ0) is 8.39. The van der Waals surface area contributed by atoms with Gasteiger partial charge in [-0.2, -0.15) is 4.89 Å². The van der Waals surface area contributed by atoms with E-state index in [0.29, 0.717) is 6.61 Å². The van der Waals surface area contributed by atoms with Crippen LogP contribution in [0.4, 0.5) is 0 Å². The molecule has 0 spiro atoms. The lowest BCUT2D eigenvalue weighted by molar-refractivity contribution is -0.203. The van der Waals surface area contributed by atoms with E-state index in [1.54, 1.807) is 0 Å². The maximum absolute atomic E-state index is 5.13. The fraction of sp³-hybridized carbons (Fsp3) is 0.400. The molecule has 0 amide bonds. The van der Waals surface area contributed by atoms with E-state index in [4.69, 9.17) is 9.78 Å². The van der Waals surface area contributed by atoms with Gasteiger partial charge in [0.15, 0.2) is 5.75 Å². The predicted molar refractivity (Wildman–Crippen MR) is 46.1 cm³/mol. The van der Waals surface area contributed by atoms with Crippen LogP contribution in [0.5, 0.6) is 5.75 Å². The molecular formula is C10H12O2. The summed E-state index contributed by atoms with van der Waals surface area (Å²) in [5.74, 6) is 0.882. The Labute approximate surface area is 72.0 Å². The highest BCUT2D eigenvalue weighted by molar-refractivity contribution is 5.37. The summed E-state index contributed by atoms with van der Waals surface area (Å²) in [5, 5.41) is 0. The first-order valence-electron chi connectivity index (χ1n) is 4.25. The van der Waals surface area contributed by atoms with Gasteiger partial charge in [0.25, 0.3) is 0 Å². The van der Waals surface area contributed by atoms with Gasteiger partial charge in [0.05, 0.1) is 6.61 Å². The van der Waals surface area contributed by atoms with Gasteiger partial charge in [0.1, 0.15) is 0 Å². The van der Waals surface area contributed by atoms with Crippen LogP contribution in [0.2, 0.25) is 0 Å². The molecule has 1 aliphatic rings. The standard InChI is InChI=1S/C10H12O2/c1-8-4-5-9-3-2-6-11-12-10(9)7-8/h4-5,7H,2-3,6H2,1H3. The molecule has 2 heteroatoms. The number of fused-ring (bicyclic) bond motifs is 1. The summed E-state index contributed by atoms with van der Waals surface area (Å²) in [6.07, 6.45) is 2.09. The van der Waals surface area contributed by atoms with Crippen LogP contribution < -0.4 is 4.89 Å². The van der Waals surface area contributed by atoms with Crippen molar-refractivity contribution in [3.8, 4) is 5.75 Å². The van der Waals surface area contributed by atoms with Gasteiger partial charge >= 0.3 is 0 Å². The fourth-order valence-corrected chi connectivity index (χ4v) is 1.37. The smallest absolute Gasteiger partial charge is 0.168 e. The zero-order valence-corrected chi connectivity index (χ0v) is 7.17. The van der Waals surface area contributed by atoms with Crippen LogP contribution in [-0.4, -0.2) is 6.61 Å². The molecular weight excluding hydrogens is 152 g/mol. The lowest BCUT2D eigenvalue weighted by atomic mass is 10.1. The average Bonchev–Trinajstić information content (AvgIpc) is 2.28. The van der Waals surface area contributed by atoms with Crippen LogP contribution in [0.25, 0.3) is 0 Å². The highest BCUT2D eigenvalue weighted by Crippen LogP contribution is 2.24. The summed E-state index contributed by atoms with van der Waals surface area (Å²) in [6.45, 7) is 2.74. The highest BCUT2D eigenvalue weighted by Gasteiger charge is 2.08. The van der Waals surface area contributed by atoms with E-state index in [0.717, 1.165) is 18.6 Å². The highest BCUT2D eigenvalue weighted by atomic mass is 17.2. The van der Waals surface area contributed by atoms with Gasteiger partial charge in [-0.05, 0) is 37.0 Å². The van der Waals surface area contributed by atoms with Crippen molar-refractivity contribution >= 4 is 0 Å². The van der Waals surface area contributed by atoms with Crippen molar-refractivity contribution < 1.29 is 9.78 Å². The number of hydrogen-bond acceptors (Lipinski definition) is 2. The average molecular weight is 164 g/mol. The van der Waals surface area contributed by atoms with E-state index in [9.17, 15) is 0 Å². The molecule has 0 N–H and O–H groups in total. The maximum atomic E-state index is 5.13. The summed E-state index contributed by atoms with van der Waals surface area (Å²) >= 11 is 0. The third-order valence-corrected chi connectivity index (χ3v) is 2.05. The van der Waals surface area contributed by atoms with E-state index < -0.39 is 0 Å². The summed E-state index contributed by atoms with van der Waals surface area (Å²) in [6, 6.07) is 6.23. The molecule has 0 bridgehead atoms. The van der Waals surface area contributed by atoms with Crippen LogP contribution in [0, 0.1) is 6.92 Å². The van der Waals surface area contributed by atoms with Crippen molar-refractivity contribution in [3.63, 3.8) is 0 Å². The van der Waals surface area contributed by atoms with Gasteiger partial charge in [-0.1, -0.05) is 12.1 Å². The van der Waals surface area contributed by atoms with Gasteiger partial charge in [0.2, 0.25) is 0 Å². The second kappa shape index (κ2) is 3.15. The number of hydrogen-bond donors (Lipinski definition) is 0. The molecule has 1 aromatic carbocycles. The van der Waals surface area contributed by atoms with E-state index in [-0.39, 0.29) is 0 Å². The third-order valence-electron chi connectivity index (χ3n) is 2.05. The third kappa shape index (κ3) is 1.43. The largest absolute Gasteiger partial charge is 0.337 e. The summed E-state index contributed by atoms with van der Waals surface area (Å²) in [5.41, 5.74) is 2.46. The molecule has 0 aliphatic carbocycles. The topological polar surface area (TPSA) is 18.5 Å². The number of benzene rings is 1. The summed E-state index contributed by atoms with van der Waals surface area (Å²) < 4.78 is 0. The van der Waals surface area contributed by atoms with Crippen LogP contribution in [0.15, 0.2) is 18.2 Å². The van der Waals surface area contributed by atoms with Crippen molar-refractivity contribution in [2.75, 3.05) is 6.61 Å². The van der Waals surface area contributed by atoms with Crippen molar-refractivity contribution in [2.45, 2.75) is 19.8 Å². The fourth-order valence-electron chi connectivity index (χ4n) is 1.37. The molecule has 0 fully saturated rings. The van der Waals surface area contributed by atoms with Gasteiger partial charge in [-0.25, -0.2) is 0 Å². The molecule has 2 nitrogen and oxygen atoms in total. The normalized spacial score (nSPS) is 16.1. The summed E-state index contributed by atoms with van der Waals surface area (Å²) in [4.78, 5) is 10.1. The van der Waals surface area contributed by atoms with E-state index in [1.807, 2.05) is 6.07 Å². The Balaban J connectivity index is 2.36.